The highest BCUT2D eigenvalue weighted by atomic mass is 32.2. The van der Waals surface area contributed by atoms with Gasteiger partial charge < -0.3 is 4.74 Å². The second kappa shape index (κ2) is 19.4. The fraction of sp³-hybridized carbons (Fsp3) is 0.786. The lowest BCUT2D eigenvalue weighted by Gasteiger charge is -2.12. The van der Waals surface area contributed by atoms with Crippen molar-refractivity contribution in [1.82, 2.24) is 0 Å². The van der Waals surface area contributed by atoms with Gasteiger partial charge in [0.1, 0.15) is 0 Å². The van der Waals surface area contributed by atoms with E-state index in [2.05, 4.69) is 13.8 Å². The van der Waals surface area contributed by atoms with Crippen LogP contribution in [0.3, 0.4) is 0 Å². The first kappa shape index (κ1) is 30.1. The fourth-order valence-electron chi connectivity index (χ4n) is 3.96. The zero-order chi connectivity index (χ0) is 24.2. The molecule has 1 unspecified atom stereocenters. The molecule has 4 nitrogen and oxygen atoms in total. The molecule has 0 N–H and O–H groups in total. The summed E-state index contributed by atoms with van der Waals surface area (Å²) < 4.78 is 35.3. The summed E-state index contributed by atoms with van der Waals surface area (Å²) in [7, 11) is -3.61. The van der Waals surface area contributed by atoms with Crippen LogP contribution in [0.25, 0.3) is 0 Å². The molecule has 0 bridgehead atoms. The lowest BCUT2D eigenvalue weighted by Crippen LogP contribution is -2.09. The Morgan fingerprint density at radius 1 is 0.697 bits per heavy atom. The Morgan fingerprint density at radius 3 is 1.73 bits per heavy atom. The number of ether oxygens (including phenoxy) is 1. The molecule has 0 aliphatic rings. The third kappa shape index (κ3) is 16.4. The summed E-state index contributed by atoms with van der Waals surface area (Å²) in [5.41, 5.74) is 1.04. The van der Waals surface area contributed by atoms with Crippen molar-refractivity contribution in [3.8, 4) is 0 Å². The molecule has 0 aliphatic carbocycles. The average molecular weight is 483 g/mol. The first-order valence-electron chi connectivity index (χ1n) is 13.5. The molecule has 5 heteroatoms. The predicted molar refractivity (Wildman–Crippen MR) is 139 cm³/mol. The van der Waals surface area contributed by atoms with Gasteiger partial charge in [-0.2, -0.15) is 8.42 Å². The van der Waals surface area contributed by atoms with E-state index in [9.17, 15) is 8.42 Å². The molecule has 0 aliphatic heterocycles. The van der Waals surface area contributed by atoms with E-state index in [1.54, 1.807) is 24.3 Å². The van der Waals surface area contributed by atoms with Crippen LogP contribution < -0.4 is 0 Å². The van der Waals surface area contributed by atoms with E-state index in [4.69, 9.17) is 8.92 Å². The van der Waals surface area contributed by atoms with Crippen molar-refractivity contribution >= 4 is 10.1 Å². The van der Waals surface area contributed by atoms with Gasteiger partial charge in [0.05, 0.1) is 17.6 Å². The molecule has 0 saturated carbocycles. The van der Waals surface area contributed by atoms with Gasteiger partial charge >= 0.3 is 0 Å². The van der Waals surface area contributed by atoms with Gasteiger partial charge in [0, 0.05) is 6.61 Å². The maximum atomic E-state index is 12.1. The average Bonchev–Trinajstić information content (AvgIpc) is 2.79. The van der Waals surface area contributed by atoms with Gasteiger partial charge in [-0.3, -0.25) is 4.18 Å². The monoisotopic (exact) mass is 482 g/mol. The van der Waals surface area contributed by atoms with Crippen LogP contribution in [0.5, 0.6) is 0 Å². The molecule has 0 saturated heterocycles. The summed E-state index contributed by atoms with van der Waals surface area (Å²) in [5.74, 6) is 0. The van der Waals surface area contributed by atoms with Gasteiger partial charge in [-0.1, -0.05) is 108 Å². The lowest BCUT2D eigenvalue weighted by atomic mass is 10.0. The molecule has 1 atom stereocenters. The Balaban J connectivity index is 1.84. The zero-order valence-electron chi connectivity index (χ0n) is 21.7. The lowest BCUT2D eigenvalue weighted by molar-refractivity contribution is 0.0559. The molecule has 0 aromatic heterocycles. The minimum absolute atomic E-state index is 0.245. The molecular formula is C28H50O4S. The number of rotatable bonds is 22. The van der Waals surface area contributed by atoms with Crippen molar-refractivity contribution in [2.75, 3.05) is 13.2 Å². The molecule has 1 aromatic rings. The third-order valence-electron chi connectivity index (χ3n) is 6.20. The van der Waals surface area contributed by atoms with Crippen molar-refractivity contribution in [3.05, 3.63) is 29.8 Å². The predicted octanol–water partition coefficient (Wildman–Crippen LogP) is 8.37. The van der Waals surface area contributed by atoms with E-state index in [0.717, 1.165) is 31.4 Å². The molecule has 1 rings (SSSR count). The van der Waals surface area contributed by atoms with Gasteiger partial charge in [0.25, 0.3) is 10.1 Å². The summed E-state index contributed by atoms with van der Waals surface area (Å²) in [6.07, 6.45) is 20.3. The molecule has 192 valence electrons. The maximum absolute atomic E-state index is 12.1. The summed E-state index contributed by atoms with van der Waals surface area (Å²) in [5, 5.41) is 0. The van der Waals surface area contributed by atoms with Gasteiger partial charge in [-0.05, 0) is 45.2 Å². The number of unbranched alkanes of at least 4 members (excludes halogenated alkanes) is 13. The zero-order valence-corrected chi connectivity index (χ0v) is 22.5. The minimum atomic E-state index is -3.61. The highest BCUT2D eigenvalue weighted by Crippen LogP contribution is 2.16. The maximum Gasteiger partial charge on any atom is 0.296 e. The Hall–Kier alpha value is -0.910. The van der Waals surface area contributed by atoms with Crippen LogP contribution in [-0.2, 0) is 19.0 Å². The van der Waals surface area contributed by atoms with Crippen molar-refractivity contribution < 1.29 is 17.3 Å². The van der Waals surface area contributed by atoms with Crippen molar-refractivity contribution in [2.24, 2.45) is 0 Å². The first-order valence-corrected chi connectivity index (χ1v) is 14.9. The molecule has 0 amide bonds. The van der Waals surface area contributed by atoms with E-state index >= 15 is 0 Å². The Bertz CT molecular complexity index is 670. The SMILES string of the molecule is CCCCCOC(C)CCCCCCCCCCCCCCOS(=O)(=O)c1ccc(C)cc1. The second-order valence-electron chi connectivity index (χ2n) is 9.51. The van der Waals surface area contributed by atoms with Crippen LogP contribution in [0.1, 0.15) is 122 Å². The summed E-state index contributed by atoms with van der Waals surface area (Å²) >= 11 is 0. The molecule has 33 heavy (non-hydrogen) atoms. The standard InChI is InChI=1S/C28H50O4S/c1-4-5-17-24-31-27(3)19-16-14-12-10-8-6-7-9-11-13-15-18-25-32-33(29,30)28-22-20-26(2)21-23-28/h20-23,27H,4-19,24-25H2,1-3H3. The summed E-state index contributed by atoms with van der Waals surface area (Å²) in [6.45, 7) is 7.59. The van der Waals surface area contributed by atoms with Gasteiger partial charge in [0.2, 0.25) is 0 Å². The molecule has 1 aromatic carbocycles. The normalized spacial score (nSPS) is 12.8. The van der Waals surface area contributed by atoms with Crippen LogP contribution in [-0.4, -0.2) is 27.7 Å². The number of hydrogen-bond acceptors (Lipinski definition) is 4. The number of benzene rings is 1. The van der Waals surface area contributed by atoms with Crippen molar-refractivity contribution in [3.63, 3.8) is 0 Å². The van der Waals surface area contributed by atoms with E-state index < -0.39 is 10.1 Å². The molecule has 0 spiro atoms. The summed E-state index contributed by atoms with van der Waals surface area (Å²) in [4.78, 5) is 0.245. The Kier molecular flexibility index (Phi) is 17.7. The smallest absolute Gasteiger partial charge is 0.296 e. The second-order valence-corrected chi connectivity index (χ2v) is 11.1. The third-order valence-corrected chi connectivity index (χ3v) is 7.53. The van der Waals surface area contributed by atoms with Crippen LogP contribution in [0.2, 0.25) is 0 Å². The van der Waals surface area contributed by atoms with Crippen LogP contribution in [0.15, 0.2) is 29.2 Å². The Labute approximate surface area is 205 Å². The van der Waals surface area contributed by atoms with Gasteiger partial charge in [0.15, 0.2) is 0 Å². The van der Waals surface area contributed by atoms with E-state index in [-0.39, 0.29) is 11.5 Å². The highest BCUT2D eigenvalue weighted by Gasteiger charge is 2.14. The molecule has 0 radical (unpaired) electrons. The summed E-state index contributed by atoms with van der Waals surface area (Å²) in [6, 6.07) is 6.81. The van der Waals surface area contributed by atoms with Crippen LogP contribution in [0.4, 0.5) is 0 Å². The molecule has 0 fully saturated rings. The topological polar surface area (TPSA) is 52.6 Å². The quantitative estimate of drug-likeness (QED) is 0.123. The van der Waals surface area contributed by atoms with E-state index in [1.165, 1.54) is 83.5 Å². The number of aryl methyl sites for hydroxylation is 1. The van der Waals surface area contributed by atoms with Crippen LogP contribution >= 0.6 is 0 Å². The van der Waals surface area contributed by atoms with Crippen molar-refractivity contribution in [1.29, 1.82) is 0 Å². The molecule has 0 heterocycles. The number of hydrogen-bond donors (Lipinski definition) is 0. The van der Waals surface area contributed by atoms with Crippen LogP contribution in [0, 0.1) is 6.92 Å². The van der Waals surface area contributed by atoms with E-state index in [1.807, 2.05) is 6.92 Å². The van der Waals surface area contributed by atoms with Crippen molar-refractivity contribution in [2.45, 2.75) is 135 Å². The Morgan fingerprint density at radius 2 is 1.18 bits per heavy atom. The fourth-order valence-corrected chi connectivity index (χ4v) is 4.91. The van der Waals surface area contributed by atoms with Gasteiger partial charge in [-0.15, -0.1) is 0 Å². The van der Waals surface area contributed by atoms with E-state index in [0.29, 0.717) is 6.10 Å². The minimum Gasteiger partial charge on any atom is -0.379 e. The highest BCUT2D eigenvalue weighted by molar-refractivity contribution is 7.86. The largest absolute Gasteiger partial charge is 0.379 e. The molecular weight excluding hydrogens is 432 g/mol. The van der Waals surface area contributed by atoms with Gasteiger partial charge in [-0.25, -0.2) is 0 Å². The first-order chi connectivity index (χ1) is 16.0.